The van der Waals surface area contributed by atoms with Gasteiger partial charge in [-0.2, -0.15) is 0 Å². The molecular weight excluding hydrogens is 604 g/mol. The Labute approximate surface area is 299 Å². The first kappa shape index (κ1) is 43.0. The summed E-state index contributed by atoms with van der Waals surface area (Å²) in [4.78, 5) is 10.5. The third-order valence-electron chi connectivity index (χ3n) is 8.88. The Balaban J connectivity index is 0.000000582. The van der Waals surface area contributed by atoms with Crippen molar-refractivity contribution in [3.63, 3.8) is 0 Å². The number of rotatable bonds is 12. The first-order valence-corrected chi connectivity index (χ1v) is 18.2. The topological polar surface area (TPSA) is 44.8 Å². The zero-order valence-electron chi connectivity index (χ0n) is 31.6. The van der Waals surface area contributed by atoms with Crippen LogP contribution in [0.2, 0.25) is 0 Å². The summed E-state index contributed by atoms with van der Waals surface area (Å²) in [5.41, 5.74) is 8.57. The van der Waals surface area contributed by atoms with Gasteiger partial charge >= 0.3 is 5.97 Å². The number of hydrogen-bond donors (Lipinski definition) is 0. The van der Waals surface area contributed by atoms with Gasteiger partial charge in [0.05, 0.1) is 26.1 Å². The molecule has 1 aliphatic rings. The molecule has 0 amide bonds. The minimum Gasteiger partial charge on any atom is -0.505 e. The van der Waals surface area contributed by atoms with Crippen LogP contribution in [0.3, 0.4) is 0 Å². The molecule has 4 nitrogen and oxygen atoms in total. The van der Waals surface area contributed by atoms with Gasteiger partial charge in [0.25, 0.3) is 0 Å². The van der Waals surface area contributed by atoms with Crippen LogP contribution < -0.4 is 4.74 Å². The van der Waals surface area contributed by atoms with E-state index in [4.69, 9.17) is 11.2 Å². The van der Waals surface area contributed by atoms with Crippen molar-refractivity contribution in [2.45, 2.75) is 113 Å². The molecule has 0 saturated heterocycles. The number of carbonyl (C=O) groups is 1. The standard InChI is InChI=1S/C31H44O.C9H6O2.C3H6O.C2H6/c1-6-15-30(28-20-13-10-17-24(28)5)27(8-3)31(29-21-14-12-18-25(29)7-2)32-22-26-19-11-9-16-23(26)4;1-2-9(10)11-8-6-4-3-5-7-8;1-3-4-2;1-2/h9-11,13,16-17,19-20,25,29,31H,6-8,12,14-15,18,21-22H2,1-5H3;1,3-7H;3H,1H2,2H3;1-2H3/b30-27+;;;. The van der Waals surface area contributed by atoms with E-state index >= 15 is 0 Å². The van der Waals surface area contributed by atoms with Crippen molar-refractivity contribution in [2.24, 2.45) is 11.8 Å². The minimum absolute atomic E-state index is 0.214. The highest BCUT2D eigenvalue weighted by atomic mass is 16.5. The van der Waals surface area contributed by atoms with Gasteiger partial charge in [-0.05, 0) is 90.5 Å². The van der Waals surface area contributed by atoms with E-state index in [1.807, 2.05) is 25.8 Å². The second-order valence-corrected chi connectivity index (χ2v) is 11.9. The van der Waals surface area contributed by atoms with Crippen LogP contribution in [-0.2, 0) is 20.9 Å². The number of terminal acetylenes is 1. The normalized spacial score (nSPS) is 15.9. The van der Waals surface area contributed by atoms with Crippen molar-refractivity contribution >= 4 is 11.5 Å². The Morgan fingerprint density at radius 1 is 0.918 bits per heavy atom. The molecule has 1 fully saturated rings. The van der Waals surface area contributed by atoms with E-state index in [1.54, 1.807) is 42.5 Å². The van der Waals surface area contributed by atoms with Crippen LogP contribution in [-0.4, -0.2) is 19.2 Å². The molecule has 49 heavy (non-hydrogen) atoms. The van der Waals surface area contributed by atoms with Gasteiger partial charge in [-0.1, -0.05) is 140 Å². The molecule has 0 N–H and O–H groups in total. The SMILES string of the molecule is C#CC(=O)Oc1ccccc1.C=COC.CC.CCC/C(=C(/CC)C(OCc1ccccc1C)C1CCCCC1CC)c1ccccc1C. The lowest BCUT2D eigenvalue weighted by molar-refractivity contribution is -0.128. The van der Waals surface area contributed by atoms with Crippen molar-refractivity contribution in [3.05, 3.63) is 120 Å². The van der Waals surface area contributed by atoms with Gasteiger partial charge in [0.15, 0.2) is 0 Å². The monoisotopic (exact) mass is 666 g/mol. The van der Waals surface area contributed by atoms with Gasteiger partial charge in [-0.15, -0.1) is 6.42 Å². The molecule has 0 spiro atoms. The van der Waals surface area contributed by atoms with Gasteiger partial charge < -0.3 is 14.2 Å². The Kier molecular flexibility index (Phi) is 22.7. The van der Waals surface area contributed by atoms with Crippen LogP contribution in [0.5, 0.6) is 5.75 Å². The number of aryl methyl sites for hydroxylation is 2. The molecule has 3 atom stereocenters. The first-order chi connectivity index (χ1) is 23.8. The quantitative estimate of drug-likeness (QED) is 0.0634. The van der Waals surface area contributed by atoms with E-state index in [0.717, 1.165) is 18.8 Å². The summed E-state index contributed by atoms with van der Waals surface area (Å²) in [7, 11) is 1.56. The van der Waals surface area contributed by atoms with Crippen LogP contribution in [0.25, 0.3) is 5.57 Å². The summed E-state index contributed by atoms with van der Waals surface area (Å²) in [6, 6.07) is 26.3. The lowest BCUT2D eigenvalue weighted by atomic mass is 9.71. The summed E-state index contributed by atoms with van der Waals surface area (Å²) < 4.78 is 16.0. The molecule has 1 aliphatic carbocycles. The van der Waals surface area contributed by atoms with E-state index in [0.29, 0.717) is 18.3 Å². The number of para-hydroxylation sites is 1. The fourth-order valence-corrected chi connectivity index (χ4v) is 6.42. The molecule has 266 valence electrons. The maximum atomic E-state index is 10.5. The first-order valence-electron chi connectivity index (χ1n) is 18.2. The zero-order chi connectivity index (χ0) is 36.4. The molecular formula is C45H62O4. The van der Waals surface area contributed by atoms with Gasteiger partial charge in [0.2, 0.25) is 0 Å². The number of ether oxygens (including phenoxy) is 3. The molecule has 0 bridgehead atoms. The molecule has 4 rings (SSSR count). The van der Waals surface area contributed by atoms with E-state index in [2.05, 4.69) is 99.2 Å². The number of benzene rings is 3. The minimum atomic E-state index is -0.670. The number of allylic oxidation sites excluding steroid dienone is 1. The van der Waals surface area contributed by atoms with Crippen molar-refractivity contribution in [1.29, 1.82) is 0 Å². The lowest BCUT2D eigenvalue weighted by Gasteiger charge is -2.39. The van der Waals surface area contributed by atoms with Gasteiger partial charge in [0.1, 0.15) is 5.75 Å². The van der Waals surface area contributed by atoms with Gasteiger partial charge in [-0.25, -0.2) is 4.79 Å². The van der Waals surface area contributed by atoms with Crippen LogP contribution in [0.4, 0.5) is 0 Å². The van der Waals surface area contributed by atoms with Crippen LogP contribution in [0, 0.1) is 38.0 Å². The summed E-state index contributed by atoms with van der Waals surface area (Å²) in [6.45, 7) is 19.5. The Morgan fingerprint density at radius 2 is 1.51 bits per heavy atom. The number of methoxy groups -OCH3 is 1. The average molecular weight is 667 g/mol. The summed E-state index contributed by atoms with van der Waals surface area (Å²) >= 11 is 0. The number of hydrogen-bond acceptors (Lipinski definition) is 4. The second kappa shape index (κ2) is 25.9. The molecule has 3 aromatic carbocycles. The number of carbonyl (C=O) groups excluding carboxylic acids is 1. The highest BCUT2D eigenvalue weighted by molar-refractivity contribution is 5.89. The highest BCUT2D eigenvalue weighted by Gasteiger charge is 2.34. The summed E-state index contributed by atoms with van der Waals surface area (Å²) in [5.74, 6) is 3.05. The molecule has 0 aromatic heterocycles. The van der Waals surface area contributed by atoms with Crippen molar-refractivity contribution in [2.75, 3.05) is 7.11 Å². The van der Waals surface area contributed by atoms with Gasteiger partial charge in [-0.3, -0.25) is 0 Å². The summed E-state index contributed by atoms with van der Waals surface area (Å²) in [6.07, 6.45) is 16.4. The van der Waals surface area contributed by atoms with E-state index < -0.39 is 5.97 Å². The predicted molar refractivity (Wildman–Crippen MR) is 208 cm³/mol. The number of esters is 1. The Morgan fingerprint density at radius 3 is 2.06 bits per heavy atom. The molecule has 4 heteroatoms. The zero-order valence-corrected chi connectivity index (χ0v) is 31.6. The van der Waals surface area contributed by atoms with Crippen LogP contribution >= 0.6 is 0 Å². The molecule has 3 unspecified atom stereocenters. The average Bonchev–Trinajstić information content (AvgIpc) is 3.15. The van der Waals surface area contributed by atoms with E-state index in [-0.39, 0.29) is 6.10 Å². The maximum Gasteiger partial charge on any atom is 0.389 e. The molecule has 3 aromatic rings. The van der Waals surface area contributed by atoms with Crippen molar-refractivity contribution < 1.29 is 19.0 Å². The smallest absolute Gasteiger partial charge is 0.389 e. The van der Waals surface area contributed by atoms with Crippen LogP contribution in [0.15, 0.2) is 97.3 Å². The highest BCUT2D eigenvalue weighted by Crippen LogP contribution is 2.42. The molecule has 0 radical (unpaired) electrons. The Hall–Kier alpha value is -4.07. The molecule has 1 saturated carbocycles. The summed E-state index contributed by atoms with van der Waals surface area (Å²) in [5, 5.41) is 0. The lowest BCUT2D eigenvalue weighted by Crippen LogP contribution is -2.34. The van der Waals surface area contributed by atoms with Crippen molar-refractivity contribution in [1.82, 2.24) is 0 Å². The van der Waals surface area contributed by atoms with Gasteiger partial charge in [0, 0.05) is 5.92 Å². The maximum absolute atomic E-state index is 10.5. The van der Waals surface area contributed by atoms with E-state index in [1.165, 1.54) is 67.0 Å². The van der Waals surface area contributed by atoms with E-state index in [9.17, 15) is 4.79 Å². The van der Waals surface area contributed by atoms with Crippen molar-refractivity contribution in [3.8, 4) is 18.1 Å². The third kappa shape index (κ3) is 14.9. The second-order valence-electron chi connectivity index (χ2n) is 11.9. The molecule has 0 heterocycles. The fourth-order valence-electron chi connectivity index (χ4n) is 6.42. The Bertz CT molecular complexity index is 1420. The molecule has 0 aliphatic heterocycles. The predicted octanol–water partition coefficient (Wildman–Crippen LogP) is 12.1. The van der Waals surface area contributed by atoms with Crippen LogP contribution in [0.1, 0.15) is 108 Å². The largest absolute Gasteiger partial charge is 0.505 e. The third-order valence-corrected chi connectivity index (χ3v) is 8.88. The fraction of sp³-hybridized carbons (Fsp3) is 0.444.